The van der Waals surface area contributed by atoms with Gasteiger partial charge in [0.25, 0.3) is 0 Å². The molecule has 3 rings (SSSR count). The van der Waals surface area contributed by atoms with Crippen molar-refractivity contribution in [2.45, 2.75) is 18.9 Å². The maximum atomic E-state index is 12.7. The van der Waals surface area contributed by atoms with Crippen molar-refractivity contribution in [2.24, 2.45) is 0 Å². The van der Waals surface area contributed by atoms with E-state index in [0.29, 0.717) is 5.95 Å². The van der Waals surface area contributed by atoms with Gasteiger partial charge >= 0.3 is 0 Å². The molecule has 0 aliphatic carbocycles. The zero-order chi connectivity index (χ0) is 13.9. The molecule has 0 spiro atoms. The monoisotopic (exact) mass is 275 g/mol. The smallest absolute Gasteiger partial charge is 0.245 e. The molecule has 2 fully saturated rings. The van der Waals surface area contributed by atoms with Crippen molar-refractivity contribution in [3.05, 3.63) is 18.5 Å². The largest absolute Gasteiger partial charge is 0.338 e. The summed E-state index contributed by atoms with van der Waals surface area (Å²) in [6.07, 6.45) is 5.40. The van der Waals surface area contributed by atoms with E-state index in [0.717, 1.165) is 45.6 Å². The van der Waals surface area contributed by atoms with Gasteiger partial charge in [0.1, 0.15) is 6.04 Å². The fraction of sp³-hybridized carbons (Fsp3) is 0.643. The molecule has 20 heavy (non-hydrogen) atoms. The molecule has 108 valence electrons. The van der Waals surface area contributed by atoms with Crippen molar-refractivity contribution < 1.29 is 4.79 Å². The Bertz CT molecular complexity index is 458. The Labute approximate surface area is 119 Å². The molecule has 3 heterocycles. The summed E-state index contributed by atoms with van der Waals surface area (Å²) in [4.78, 5) is 27.6. The fourth-order valence-electron chi connectivity index (χ4n) is 2.94. The molecule has 1 amide bonds. The lowest BCUT2D eigenvalue weighted by atomic mass is 10.1. The molecule has 1 atom stereocenters. The predicted molar refractivity (Wildman–Crippen MR) is 76.5 cm³/mol. The van der Waals surface area contributed by atoms with Gasteiger partial charge in [-0.2, -0.15) is 0 Å². The minimum absolute atomic E-state index is 0.0826. The van der Waals surface area contributed by atoms with Crippen LogP contribution in [0.5, 0.6) is 0 Å². The number of amides is 1. The Morgan fingerprint density at radius 3 is 2.55 bits per heavy atom. The van der Waals surface area contributed by atoms with Crippen LogP contribution in [0.15, 0.2) is 18.5 Å². The van der Waals surface area contributed by atoms with Crippen LogP contribution in [0.1, 0.15) is 12.8 Å². The summed E-state index contributed by atoms with van der Waals surface area (Å²) in [7, 11) is 2.10. The molecule has 0 N–H and O–H groups in total. The normalized spacial score (nSPS) is 24.1. The third-order valence-corrected chi connectivity index (χ3v) is 4.16. The molecule has 1 aromatic rings. The molecular weight excluding hydrogens is 254 g/mol. The van der Waals surface area contributed by atoms with Gasteiger partial charge in [0, 0.05) is 45.1 Å². The van der Waals surface area contributed by atoms with E-state index in [1.165, 1.54) is 0 Å². The number of carbonyl (C=O) groups is 1. The number of anilines is 1. The Hall–Kier alpha value is -1.69. The van der Waals surface area contributed by atoms with Gasteiger partial charge in [0.05, 0.1) is 0 Å². The first-order valence-electron chi connectivity index (χ1n) is 7.27. The van der Waals surface area contributed by atoms with E-state index in [2.05, 4.69) is 26.8 Å². The minimum Gasteiger partial charge on any atom is -0.338 e. The Morgan fingerprint density at radius 2 is 1.85 bits per heavy atom. The summed E-state index contributed by atoms with van der Waals surface area (Å²) >= 11 is 0. The van der Waals surface area contributed by atoms with Gasteiger partial charge in [-0.15, -0.1) is 0 Å². The van der Waals surface area contributed by atoms with Crippen molar-refractivity contribution in [3.63, 3.8) is 0 Å². The summed E-state index contributed by atoms with van der Waals surface area (Å²) in [5.74, 6) is 0.917. The maximum absolute atomic E-state index is 12.7. The number of carbonyl (C=O) groups excluding carboxylic acids is 1. The Kier molecular flexibility index (Phi) is 3.82. The molecule has 1 aromatic heterocycles. The quantitative estimate of drug-likeness (QED) is 0.773. The number of likely N-dealkylation sites (N-methyl/N-ethyl adjacent to an activating group) is 1. The van der Waals surface area contributed by atoms with Crippen LogP contribution in [0.2, 0.25) is 0 Å². The predicted octanol–water partition coefficient (Wildman–Crippen LogP) is 0.219. The minimum atomic E-state index is -0.0826. The van der Waals surface area contributed by atoms with Crippen LogP contribution in [0.3, 0.4) is 0 Å². The standard InChI is InChI=1S/C14H21N5O/c1-17-8-10-18(11-9-17)13(20)12-4-2-7-19(12)14-15-5-3-6-16-14/h3,5-6,12H,2,4,7-11H2,1H3. The average Bonchev–Trinajstić information content (AvgIpc) is 2.97. The number of hydrogen-bond donors (Lipinski definition) is 0. The van der Waals surface area contributed by atoms with Crippen molar-refractivity contribution in [3.8, 4) is 0 Å². The number of nitrogens with zero attached hydrogens (tertiary/aromatic N) is 5. The van der Waals surface area contributed by atoms with Crippen LogP contribution in [-0.2, 0) is 4.79 Å². The van der Waals surface area contributed by atoms with Gasteiger partial charge in [0.2, 0.25) is 11.9 Å². The molecule has 2 aliphatic rings. The number of hydrogen-bond acceptors (Lipinski definition) is 5. The van der Waals surface area contributed by atoms with E-state index in [9.17, 15) is 4.79 Å². The van der Waals surface area contributed by atoms with Gasteiger partial charge < -0.3 is 14.7 Å². The highest BCUT2D eigenvalue weighted by molar-refractivity contribution is 5.85. The van der Waals surface area contributed by atoms with Crippen LogP contribution >= 0.6 is 0 Å². The molecule has 6 heteroatoms. The average molecular weight is 275 g/mol. The first-order valence-corrected chi connectivity index (χ1v) is 7.27. The van der Waals surface area contributed by atoms with Crippen LogP contribution in [0, 0.1) is 0 Å². The van der Waals surface area contributed by atoms with Crippen molar-refractivity contribution in [1.29, 1.82) is 0 Å². The molecule has 0 bridgehead atoms. The van der Waals surface area contributed by atoms with Gasteiger partial charge in [-0.25, -0.2) is 9.97 Å². The maximum Gasteiger partial charge on any atom is 0.245 e. The lowest BCUT2D eigenvalue weighted by Crippen LogP contribution is -2.53. The van der Waals surface area contributed by atoms with E-state index < -0.39 is 0 Å². The Balaban J connectivity index is 1.70. The van der Waals surface area contributed by atoms with Gasteiger partial charge in [-0.1, -0.05) is 0 Å². The highest BCUT2D eigenvalue weighted by atomic mass is 16.2. The first kappa shape index (κ1) is 13.3. The lowest BCUT2D eigenvalue weighted by Gasteiger charge is -2.35. The summed E-state index contributed by atoms with van der Waals surface area (Å²) in [5, 5.41) is 0. The molecule has 2 saturated heterocycles. The molecule has 0 saturated carbocycles. The van der Waals surface area contributed by atoms with E-state index in [-0.39, 0.29) is 11.9 Å². The summed E-state index contributed by atoms with van der Waals surface area (Å²) < 4.78 is 0. The van der Waals surface area contributed by atoms with E-state index in [1.54, 1.807) is 18.5 Å². The van der Waals surface area contributed by atoms with Crippen molar-refractivity contribution in [2.75, 3.05) is 44.7 Å². The van der Waals surface area contributed by atoms with E-state index in [1.807, 2.05) is 4.90 Å². The van der Waals surface area contributed by atoms with E-state index >= 15 is 0 Å². The highest BCUT2D eigenvalue weighted by Gasteiger charge is 2.35. The second-order valence-electron chi connectivity index (χ2n) is 5.53. The molecule has 2 aliphatic heterocycles. The third kappa shape index (κ3) is 2.60. The molecule has 6 nitrogen and oxygen atoms in total. The van der Waals surface area contributed by atoms with Crippen LogP contribution in [0.4, 0.5) is 5.95 Å². The second kappa shape index (κ2) is 5.75. The van der Waals surface area contributed by atoms with Crippen molar-refractivity contribution >= 4 is 11.9 Å². The molecule has 0 aromatic carbocycles. The zero-order valence-electron chi connectivity index (χ0n) is 11.9. The summed E-state index contributed by atoms with van der Waals surface area (Å²) in [6.45, 7) is 4.44. The molecular formula is C14H21N5O. The van der Waals surface area contributed by atoms with E-state index in [4.69, 9.17) is 0 Å². The van der Waals surface area contributed by atoms with Gasteiger partial charge in [0.15, 0.2) is 0 Å². The second-order valence-corrected chi connectivity index (χ2v) is 5.53. The SMILES string of the molecule is CN1CCN(C(=O)C2CCCN2c2ncccn2)CC1. The number of piperazine rings is 1. The first-order chi connectivity index (χ1) is 9.75. The summed E-state index contributed by atoms with van der Waals surface area (Å²) in [6, 6.07) is 1.72. The summed E-state index contributed by atoms with van der Waals surface area (Å²) in [5.41, 5.74) is 0. The highest BCUT2D eigenvalue weighted by Crippen LogP contribution is 2.23. The lowest BCUT2D eigenvalue weighted by molar-refractivity contribution is -0.134. The third-order valence-electron chi connectivity index (χ3n) is 4.16. The number of rotatable bonds is 2. The molecule has 1 unspecified atom stereocenters. The van der Waals surface area contributed by atoms with Crippen molar-refractivity contribution in [1.82, 2.24) is 19.8 Å². The van der Waals surface area contributed by atoms with Crippen LogP contribution < -0.4 is 4.90 Å². The zero-order valence-corrected chi connectivity index (χ0v) is 11.9. The molecule has 0 radical (unpaired) electrons. The Morgan fingerprint density at radius 1 is 1.15 bits per heavy atom. The van der Waals surface area contributed by atoms with Crippen LogP contribution in [-0.4, -0.2) is 71.5 Å². The van der Waals surface area contributed by atoms with Gasteiger partial charge in [-0.05, 0) is 26.0 Å². The topological polar surface area (TPSA) is 52.6 Å². The van der Waals surface area contributed by atoms with Gasteiger partial charge in [-0.3, -0.25) is 4.79 Å². The fourth-order valence-corrected chi connectivity index (χ4v) is 2.94. The van der Waals surface area contributed by atoms with Crippen LogP contribution in [0.25, 0.3) is 0 Å². The number of aromatic nitrogens is 2.